The maximum Gasteiger partial charge on any atom is 0.337 e. The van der Waals surface area contributed by atoms with Gasteiger partial charge in [0.1, 0.15) is 0 Å². The van der Waals surface area contributed by atoms with Crippen molar-refractivity contribution in [3.63, 3.8) is 0 Å². The third-order valence-corrected chi connectivity index (χ3v) is 2.88. The maximum atomic E-state index is 12.0. The number of carboxylic acids is 1. The van der Waals surface area contributed by atoms with Crippen LogP contribution in [0.5, 0.6) is 0 Å². The lowest BCUT2D eigenvalue weighted by atomic mass is 10.2. The minimum atomic E-state index is -1.18. The van der Waals surface area contributed by atoms with Crippen LogP contribution in [0.25, 0.3) is 0 Å². The lowest BCUT2D eigenvalue weighted by molar-refractivity contribution is 0.0501. The lowest BCUT2D eigenvalue weighted by Crippen LogP contribution is -2.39. The Balaban J connectivity index is 2.78. The van der Waals surface area contributed by atoms with Crippen LogP contribution in [0.3, 0.4) is 0 Å². The van der Waals surface area contributed by atoms with Gasteiger partial charge in [0.25, 0.3) is 0 Å². The molecule has 7 nitrogen and oxygen atoms in total. The molecule has 116 valence electrons. The lowest BCUT2D eigenvalue weighted by Gasteiger charge is -2.21. The average Bonchev–Trinajstić information content (AvgIpc) is 2.38. The number of carbonyl (C=O) groups is 2. The van der Waals surface area contributed by atoms with Gasteiger partial charge in [-0.25, -0.2) is 9.59 Å². The van der Waals surface area contributed by atoms with Crippen molar-refractivity contribution < 1.29 is 24.5 Å². The number of hydrogen-bond acceptors (Lipinski definition) is 4. The molecular weight excluding hydrogens is 300 g/mol. The fourth-order valence-corrected chi connectivity index (χ4v) is 1.83. The summed E-state index contributed by atoms with van der Waals surface area (Å²) in [5.41, 5.74) is 0.0201. The van der Waals surface area contributed by atoms with Crippen LogP contribution in [0.2, 0.25) is 5.02 Å². The average molecular weight is 317 g/mol. The first-order valence-corrected chi connectivity index (χ1v) is 6.45. The van der Waals surface area contributed by atoms with Gasteiger partial charge in [0.15, 0.2) is 0 Å². The number of nitrogens with one attached hydrogen (secondary N) is 1. The molecular formula is C13H17ClN2O5. The molecule has 21 heavy (non-hydrogen) atoms. The third kappa shape index (κ3) is 5.22. The molecule has 0 aromatic heterocycles. The molecule has 0 aliphatic rings. The summed E-state index contributed by atoms with van der Waals surface area (Å²) in [6.07, 6.45) is -0.830. The number of aromatic carboxylic acids is 1. The van der Waals surface area contributed by atoms with E-state index in [2.05, 4.69) is 5.32 Å². The Kier molecular flexibility index (Phi) is 6.41. The van der Waals surface area contributed by atoms with E-state index < -0.39 is 18.1 Å². The Hall–Kier alpha value is -1.83. The SMILES string of the molecule is COCC(O)CN(C)C(=O)Nc1cc(Cl)ccc1C(=O)O. The topological polar surface area (TPSA) is 99.1 Å². The summed E-state index contributed by atoms with van der Waals surface area (Å²) < 4.78 is 4.77. The van der Waals surface area contributed by atoms with Crippen molar-refractivity contribution in [2.24, 2.45) is 0 Å². The Labute approximate surface area is 127 Å². The summed E-state index contributed by atoms with van der Waals surface area (Å²) in [6.45, 7) is 0.137. The number of hydrogen-bond donors (Lipinski definition) is 3. The molecule has 8 heteroatoms. The number of aliphatic hydroxyl groups excluding tert-OH is 1. The molecule has 0 fully saturated rings. The number of carbonyl (C=O) groups excluding carboxylic acids is 1. The van der Waals surface area contributed by atoms with E-state index >= 15 is 0 Å². The fraction of sp³-hybridized carbons (Fsp3) is 0.385. The van der Waals surface area contributed by atoms with E-state index in [4.69, 9.17) is 21.4 Å². The van der Waals surface area contributed by atoms with Crippen molar-refractivity contribution in [2.45, 2.75) is 6.10 Å². The quantitative estimate of drug-likeness (QED) is 0.739. The van der Waals surface area contributed by atoms with Gasteiger partial charge in [-0.1, -0.05) is 11.6 Å². The van der Waals surface area contributed by atoms with Crippen LogP contribution in [0.4, 0.5) is 10.5 Å². The first-order chi connectivity index (χ1) is 9.85. The number of aliphatic hydroxyl groups is 1. The van der Waals surface area contributed by atoms with Gasteiger partial charge < -0.3 is 25.2 Å². The molecule has 0 radical (unpaired) electrons. The Morgan fingerprint density at radius 2 is 2.14 bits per heavy atom. The zero-order chi connectivity index (χ0) is 16.0. The minimum absolute atomic E-state index is 0.0443. The van der Waals surface area contributed by atoms with Crippen molar-refractivity contribution in [1.82, 2.24) is 4.90 Å². The van der Waals surface area contributed by atoms with Crippen molar-refractivity contribution >= 4 is 29.3 Å². The number of ether oxygens (including phenoxy) is 1. The van der Waals surface area contributed by atoms with Crippen LogP contribution in [0, 0.1) is 0 Å². The molecule has 3 N–H and O–H groups in total. The zero-order valence-corrected chi connectivity index (χ0v) is 12.4. The van der Waals surface area contributed by atoms with Gasteiger partial charge in [0, 0.05) is 19.2 Å². The van der Waals surface area contributed by atoms with Gasteiger partial charge in [-0.3, -0.25) is 0 Å². The van der Waals surface area contributed by atoms with Gasteiger partial charge in [0.05, 0.1) is 30.5 Å². The van der Waals surface area contributed by atoms with Crippen molar-refractivity contribution in [3.8, 4) is 0 Å². The largest absolute Gasteiger partial charge is 0.478 e. The molecule has 2 amide bonds. The highest BCUT2D eigenvalue weighted by Gasteiger charge is 2.17. The Morgan fingerprint density at radius 3 is 2.71 bits per heavy atom. The molecule has 0 spiro atoms. The normalized spacial score (nSPS) is 11.8. The second kappa shape index (κ2) is 7.82. The van der Waals surface area contributed by atoms with E-state index in [-0.39, 0.29) is 24.4 Å². The van der Waals surface area contributed by atoms with E-state index in [1.807, 2.05) is 0 Å². The monoisotopic (exact) mass is 316 g/mol. The fourth-order valence-electron chi connectivity index (χ4n) is 1.66. The number of methoxy groups -OCH3 is 1. The summed E-state index contributed by atoms with van der Waals surface area (Å²) in [4.78, 5) is 24.3. The predicted octanol–water partition coefficient (Wildman–Crippen LogP) is 1.51. The van der Waals surface area contributed by atoms with Gasteiger partial charge in [0.2, 0.25) is 0 Å². The summed E-state index contributed by atoms with van der Waals surface area (Å²) >= 11 is 5.80. The van der Waals surface area contributed by atoms with E-state index in [1.54, 1.807) is 0 Å². The molecule has 0 bridgehead atoms. The highest BCUT2D eigenvalue weighted by molar-refractivity contribution is 6.31. The summed E-state index contributed by atoms with van der Waals surface area (Å²) in [5, 5.41) is 21.4. The van der Waals surface area contributed by atoms with Crippen LogP contribution < -0.4 is 5.32 Å². The number of benzene rings is 1. The van der Waals surface area contributed by atoms with E-state index in [0.29, 0.717) is 5.02 Å². The number of amides is 2. The number of urea groups is 1. The van der Waals surface area contributed by atoms with E-state index in [1.165, 1.54) is 37.3 Å². The number of anilines is 1. The Morgan fingerprint density at radius 1 is 1.48 bits per heavy atom. The molecule has 0 aliphatic heterocycles. The minimum Gasteiger partial charge on any atom is -0.478 e. The number of carboxylic acid groups (broad SMARTS) is 1. The highest BCUT2D eigenvalue weighted by atomic mass is 35.5. The van der Waals surface area contributed by atoms with Crippen molar-refractivity contribution in [3.05, 3.63) is 28.8 Å². The summed E-state index contributed by atoms with van der Waals surface area (Å²) in [6, 6.07) is 3.52. The third-order valence-electron chi connectivity index (χ3n) is 2.64. The predicted molar refractivity (Wildman–Crippen MR) is 77.9 cm³/mol. The smallest absolute Gasteiger partial charge is 0.337 e. The van der Waals surface area contributed by atoms with Crippen LogP contribution in [-0.2, 0) is 4.74 Å². The number of nitrogens with zero attached hydrogens (tertiary/aromatic N) is 1. The van der Waals surface area contributed by atoms with Gasteiger partial charge in [-0.05, 0) is 18.2 Å². The van der Waals surface area contributed by atoms with Gasteiger partial charge >= 0.3 is 12.0 Å². The molecule has 1 atom stereocenters. The van der Waals surface area contributed by atoms with Crippen LogP contribution in [0.1, 0.15) is 10.4 Å². The summed E-state index contributed by atoms with van der Waals surface area (Å²) in [7, 11) is 2.91. The first-order valence-electron chi connectivity index (χ1n) is 6.07. The van der Waals surface area contributed by atoms with Gasteiger partial charge in [-0.15, -0.1) is 0 Å². The number of rotatable bonds is 6. The van der Waals surface area contributed by atoms with Crippen molar-refractivity contribution in [1.29, 1.82) is 0 Å². The first kappa shape index (κ1) is 17.2. The molecule has 0 saturated carbocycles. The van der Waals surface area contributed by atoms with E-state index in [0.717, 1.165) is 0 Å². The molecule has 0 saturated heterocycles. The van der Waals surface area contributed by atoms with Gasteiger partial charge in [-0.2, -0.15) is 0 Å². The second-order valence-electron chi connectivity index (χ2n) is 4.41. The molecule has 1 aromatic rings. The summed E-state index contributed by atoms with van der Waals surface area (Å²) in [5.74, 6) is -1.18. The molecule has 1 unspecified atom stereocenters. The highest BCUT2D eigenvalue weighted by Crippen LogP contribution is 2.21. The molecule has 1 aromatic carbocycles. The molecule has 0 heterocycles. The number of halogens is 1. The molecule has 1 rings (SSSR count). The van der Waals surface area contributed by atoms with Crippen LogP contribution in [0.15, 0.2) is 18.2 Å². The second-order valence-corrected chi connectivity index (χ2v) is 4.85. The number of likely N-dealkylation sites (N-methyl/N-ethyl adjacent to an activating group) is 1. The standard InChI is InChI=1S/C13H17ClN2O5/c1-16(6-9(17)7-21-2)13(20)15-11-5-8(14)3-4-10(11)12(18)19/h3-5,9,17H,6-7H2,1-2H3,(H,15,20)(H,18,19). The van der Waals surface area contributed by atoms with Crippen LogP contribution in [-0.4, -0.2) is 60.5 Å². The Bertz CT molecular complexity index is 523. The maximum absolute atomic E-state index is 12.0. The molecule has 0 aliphatic carbocycles. The zero-order valence-electron chi connectivity index (χ0n) is 11.7. The van der Waals surface area contributed by atoms with Crippen LogP contribution >= 0.6 is 11.6 Å². The van der Waals surface area contributed by atoms with E-state index in [9.17, 15) is 14.7 Å². The van der Waals surface area contributed by atoms with Crippen molar-refractivity contribution in [2.75, 3.05) is 32.6 Å².